The van der Waals surface area contributed by atoms with Gasteiger partial charge in [-0.1, -0.05) is 18.2 Å². The molecule has 0 spiro atoms. The van der Waals surface area contributed by atoms with E-state index in [1.165, 1.54) is 6.26 Å². The molecule has 0 saturated heterocycles. The number of Topliss-reactive ketones (excluding diaryl/α,β-unsaturated/α-hetero) is 1. The van der Waals surface area contributed by atoms with Crippen LogP contribution in [-0.2, 0) is 14.6 Å². The Morgan fingerprint density at radius 2 is 1.56 bits per heavy atom. The topological polar surface area (TPSA) is 69.7 Å². The van der Waals surface area contributed by atoms with Gasteiger partial charge in [0.2, 0.25) is 6.79 Å². The molecule has 1 heterocycles. The fraction of sp³-hybridized carbons (Fsp3) is 0.211. The summed E-state index contributed by atoms with van der Waals surface area (Å²) in [6, 6.07) is 12.2. The lowest BCUT2D eigenvalue weighted by Crippen LogP contribution is -1.98. The predicted octanol–water partition coefficient (Wildman–Crippen LogP) is 3.09. The molecule has 0 fully saturated rings. The van der Waals surface area contributed by atoms with Crippen LogP contribution in [-0.4, -0.2) is 27.2 Å². The summed E-state index contributed by atoms with van der Waals surface area (Å²) >= 11 is 0. The minimum atomic E-state index is -3.24. The molecule has 6 heteroatoms. The van der Waals surface area contributed by atoms with Gasteiger partial charge in [0.05, 0.1) is 4.90 Å². The van der Waals surface area contributed by atoms with E-state index in [2.05, 4.69) is 0 Å². The molecule has 0 aromatic heterocycles. The van der Waals surface area contributed by atoms with Crippen molar-refractivity contribution in [1.82, 2.24) is 0 Å². The third kappa shape index (κ3) is 2.82. The van der Waals surface area contributed by atoms with E-state index in [1.807, 2.05) is 12.1 Å². The summed E-state index contributed by atoms with van der Waals surface area (Å²) in [5, 5.41) is 0. The zero-order valence-electron chi connectivity index (χ0n) is 13.6. The summed E-state index contributed by atoms with van der Waals surface area (Å²) in [6.07, 6.45) is 2.27. The first kappa shape index (κ1) is 15.9. The zero-order valence-corrected chi connectivity index (χ0v) is 14.4. The Labute approximate surface area is 145 Å². The molecule has 0 radical (unpaired) electrons. The Kier molecular flexibility index (Phi) is 3.65. The van der Waals surface area contributed by atoms with Gasteiger partial charge < -0.3 is 9.47 Å². The molecular formula is C19H16O5S. The Morgan fingerprint density at radius 3 is 2.28 bits per heavy atom. The van der Waals surface area contributed by atoms with Gasteiger partial charge in [0, 0.05) is 18.2 Å². The maximum atomic E-state index is 12.5. The van der Waals surface area contributed by atoms with Gasteiger partial charge >= 0.3 is 0 Å². The molecule has 2 aliphatic rings. The molecule has 2 aromatic rings. The molecule has 0 amide bonds. The van der Waals surface area contributed by atoms with E-state index in [-0.39, 0.29) is 17.5 Å². The van der Waals surface area contributed by atoms with E-state index in [1.54, 1.807) is 30.3 Å². The minimum Gasteiger partial charge on any atom is -0.454 e. The summed E-state index contributed by atoms with van der Waals surface area (Å²) in [4.78, 5) is 12.7. The quantitative estimate of drug-likeness (QED) is 0.845. The van der Waals surface area contributed by atoms with Gasteiger partial charge in [-0.25, -0.2) is 8.42 Å². The third-order valence-electron chi connectivity index (χ3n) is 4.47. The first-order valence-corrected chi connectivity index (χ1v) is 9.79. The molecule has 25 heavy (non-hydrogen) atoms. The third-order valence-corrected chi connectivity index (χ3v) is 5.60. The van der Waals surface area contributed by atoms with Crippen LogP contribution in [0.3, 0.4) is 0 Å². The number of carbonyl (C=O) groups excluding carboxylic acids is 1. The predicted molar refractivity (Wildman–Crippen MR) is 93.2 cm³/mol. The lowest BCUT2D eigenvalue weighted by Gasteiger charge is -2.09. The SMILES string of the molecule is CS(=O)(=O)c1ccc(C2=C(c3ccc4c(c3)OCO4)C(=O)CC2)cc1. The van der Waals surface area contributed by atoms with Crippen LogP contribution in [0.5, 0.6) is 11.5 Å². The van der Waals surface area contributed by atoms with Crippen LogP contribution in [0.1, 0.15) is 24.0 Å². The first-order chi connectivity index (χ1) is 11.9. The average molecular weight is 356 g/mol. The molecule has 0 unspecified atom stereocenters. The van der Waals surface area contributed by atoms with Crippen molar-refractivity contribution in [2.75, 3.05) is 13.0 Å². The largest absolute Gasteiger partial charge is 0.454 e. The zero-order chi connectivity index (χ0) is 17.6. The molecule has 0 bridgehead atoms. The van der Waals surface area contributed by atoms with Gasteiger partial charge in [0.1, 0.15) is 0 Å². The highest BCUT2D eigenvalue weighted by atomic mass is 32.2. The van der Waals surface area contributed by atoms with Gasteiger partial charge in [-0.2, -0.15) is 0 Å². The van der Waals surface area contributed by atoms with Crippen molar-refractivity contribution < 1.29 is 22.7 Å². The van der Waals surface area contributed by atoms with Gasteiger partial charge in [-0.05, 0) is 47.4 Å². The Hall–Kier alpha value is -2.60. The van der Waals surface area contributed by atoms with Gasteiger partial charge in [-0.3, -0.25) is 4.79 Å². The highest BCUT2D eigenvalue weighted by molar-refractivity contribution is 7.90. The Bertz CT molecular complexity index is 1000. The number of benzene rings is 2. The van der Waals surface area contributed by atoms with Gasteiger partial charge in [0.15, 0.2) is 27.1 Å². The van der Waals surface area contributed by atoms with E-state index >= 15 is 0 Å². The van der Waals surface area contributed by atoms with Crippen LogP contribution in [0.25, 0.3) is 11.1 Å². The fourth-order valence-corrected chi connectivity index (χ4v) is 3.87. The summed E-state index contributed by atoms with van der Waals surface area (Å²) in [5.41, 5.74) is 3.27. The lowest BCUT2D eigenvalue weighted by molar-refractivity contribution is -0.113. The van der Waals surface area contributed by atoms with Crippen molar-refractivity contribution in [2.45, 2.75) is 17.7 Å². The smallest absolute Gasteiger partial charge is 0.231 e. The van der Waals surface area contributed by atoms with Crippen LogP contribution in [0.4, 0.5) is 0 Å². The number of hydrogen-bond acceptors (Lipinski definition) is 5. The van der Waals surface area contributed by atoms with Crippen molar-refractivity contribution in [3.8, 4) is 11.5 Å². The van der Waals surface area contributed by atoms with E-state index in [4.69, 9.17) is 9.47 Å². The van der Waals surface area contributed by atoms with E-state index in [0.29, 0.717) is 29.9 Å². The molecule has 5 nitrogen and oxygen atoms in total. The Balaban J connectivity index is 1.80. The van der Waals surface area contributed by atoms with Crippen molar-refractivity contribution in [3.63, 3.8) is 0 Å². The second-order valence-corrected chi connectivity index (χ2v) is 8.16. The average Bonchev–Trinajstić information content (AvgIpc) is 3.19. The number of carbonyl (C=O) groups is 1. The molecule has 0 N–H and O–H groups in total. The van der Waals surface area contributed by atoms with E-state index in [9.17, 15) is 13.2 Å². The number of sulfone groups is 1. The van der Waals surface area contributed by atoms with Crippen LogP contribution in [0.15, 0.2) is 47.4 Å². The van der Waals surface area contributed by atoms with E-state index < -0.39 is 9.84 Å². The molecule has 2 aromatic carbocycles. The number of fused-ring (bicyclic) bond motifs is 1. The van der Waals surface area contributed by atoms with Crippen molar-refractivity contribution >= 4 is 26.8 Å². The number of allylic oxidation sites excluding steroid dienone is 2. The van der Waals surface area contributed by atoms with Crippen molar-refractivity contribution in [3.05, 3.63) is 53.6 Å². The number of rotatable bonds is 3. The molecule has 1 aliphatic heterocycles. The maximum absolute atomic E-state index is 12.5. The van der Waals surface area contributed by atoms with Gasteiger partial charge in [0.25, 0.3) is 0 Å². The van der Waals surface area contributed by atoms with Crippen LogP contribution in [0.2, 0.25) is 0 Å². The second kappa shape index (κ2) is 5.74. The molecular weight excluding hydrogens is 340 g/mol. The van der Waals surface area contributed by atoms with Crippen molar-refractivity contribution in [1.29, 1.82) is 0 Å². The number of ketones is 1. The molecule has 0 atom stereocenters. The summed E-state index contributed by atoms with van der Waals surface area (Å²) in [6.45, 7) is 0.186. The van der Waals surface area contributed by atoms with Crippen LogP contribution in [0, 0.1) is 0 Å². The molecule has 0 saturated carbocycles. The summed E-state index contributed by atoms with van der Waals surface area (Å²) in [5.74, 6) is 1.39. The number of ether oxygens (including phenoxy) is 2. The van der Waals surface area contributed by atoms with E-state index in [0.717, 1.165) is 16.7 Å². The molecule has 4 rings (SSSR count). The second-order valence-electron chi connectivity index (χ2n) is 6.14. The first-order valence-electron chi connectivity index (χ1n) is 7.90. The normalized spacial score (nSPS) is 16.6. The Morgan fingerprint density at radius 1 is 0.880 bits per heavy atom. The van der Waals surface area contributed by atoms with Crippen LogP contribution < -0.4 is 9.47 Å². The highest BCUT2D eigenvalue weighted by Crippen LogP contribution is 2.41. The highest BCUT2D eigenvalue weighted by Gasteiger charge is 2.27. The summed E-state index contributed by atoms with van der Waals surface area (Å²) in [7, 11) is -3.24. The maximum Gasteiger partial charge on any atom is 0.231 e. The molecule has 1 aliphatic carbocycles. The van der Waals surface area contributed by atoms with Gasteiger partial charge in [-0.15, -0.1) is 0 Å². The standard InChI is InChI=1S/C19H16O5S/c1-25(21,22)14-5-2-12(3-6-14)15-7-8-16(20)19(15)13-4-9-17-18(10-13)24-11-23-17/h2-6,9-10H,7-8,11H2,1H3. The van der Waals surface area contributed by atoms with Crippen LogP contribution >= 0.6 is 0 Å². The number of hydrogen-bond donors (Lipinski definition) is 0. The summed E-state index contributed by atoms with van der Waals surface area (Å²) < 4.78 is 34.0. The fourth-order valence-electron chi connectivity index (χ4n) is 3.24. The monoisotopic (exact) mass is 356 g/mol. The lowest BCUT2D eigenvalue weighted by atomic mass is 9.96. The molecule has 128 valence electrons. The van der Waals surface area contributed by atoms with Crippen molar-refractivity contribution in [2.24, 2.45) is 0 Å². The minimum absolute atomic E-state index is 0.0843.